The van der Waals surface area contributed by atoms with Gasteiger partial charge in [0, 0.05) is 51.9 Å². The zero-order valence-corrected chi connectivity index (χ0v) is 20.3. The normalized spacial score (nSPS) is 11.7. The molecule has 1 aromatic carbocycles. The van der Waals surface area contributed by atoms with Crippen molar-refractivity contribution in [1.29, 1.82) is 0 Å². The van der Waals surface area contributed by atoms with E-state index in [0.717, 1.165) is 48.0 Å². The molecule has 0 fully saturated rings. The first-order valence-electron chi connectivity index (χ1n) is 9.93. The van der Waals surface area contributed by atoms with Crippen molar-refractivity contribution in [2.75, 3.05) is 20.1 Å². The predicted octanol–water partition coefficient (Wildman–Crippen LogP) is 3.68. The topological polar surface area (TPSA) is 74.1 Å². The molecule has 0 aliphatic heterocycles. The Morgan fingerprint density at radius 3 is 2.76 bits per heavy atom. The van der Waals surface area contributed by atoms with Crippen LogP contribution in [0.15, 0.2) is 35.5 Å². The number of H-pyrrole nitrogens is 1. The van der Waals surface area contributed by atoms with Crippen LogP contribution in [-0.4, -0.2) is 50.7 Å². The average molecular weight is 509 g/mol. The van der Waals surface area contributed by atoms with Gasteiger partial charge in [-0.05, 0) is 25.0 Å². The molecule has 0 saturated carbocycles. The number of fused-ring (bicyclic) bond motifs is 1. The fourth-order valence-electron chi connectivity index (χ4n) is 3.35. The number of hydrogen-bond acceptors (Lipinski definition) is 3. The first kappa shape index (κ1) is 23.2. The molecule has 0 aliphatic rings. The van der Waals surface area contributed by atoms with Gasteiger partial charge in [0.25, 0.3) is 0 Å². The van der Waals surface area contributed by atoms with Crippen molar-refractivity contribution in [2.45, 2.75) is 39.7 Å². The first-order valence-corrected chi connectivity index (χ1v) is 9.93. The first-order chi connectivity index (χ1) is 13.5. The molecule has 0 amide bonds. The number of aromatic nitrogens is 4. The quantitative estimate of drug-likeness (QED) is 0.290. The molecule has 7 nitrogen and oxygen atoms in total. The summed E-state index contributed by atoms with van der Waals surface area (Å²) < 4.78 is 1.89. The number of halogens is 1. The summed E-state index contributed by atoms with van der Waals surface area (Å²) in [5.41, 5.74) is 4.46. The highest BCUT2D eigenvalue weighted by Gasteiger charge is 2.15. The van der Waals surface area contributed by atoms with Crippen molar-refractivity contribution in [3.8, 4) is 0 Å². The van der Waals surface area contributed by atoms with E-state index >= 15 is 0 Å². The number of nitrogens with zero attached hydrogens (tertiary/aromatic N) is 5. The zero-order chi connectivity index (χ0) is 20.1. The van der Waals surface area contributed by atoms with E-state index in [2.05, 4.69) is 59.3 Å². The molecule has 158 valence electrons. The summed E-state index contributed by atoms with van der Waals surface area (Å²) in [7, 11) is 4.04. The van der Waals surface area contributed by atoms with Gasteiger partial charge >= 0.3 is 0 Å². The zero-order valence-electron chi connectivity index (χ0n) is 17.9. The molecule has 0 bridgehead atoms. The third-order valence-electron chi connectivity index (χ3n) is 4.64. The van der Waals surface area contributed by atoms with Gasteiger partial charge in [-0.15, -0.1) is 24.0 Å². The lowest BCUT2D eigenvalue weighted by atomic mass is 10.1. The summed E-state index contributed by atoms with van der Waals surface area (Å²) in [4.78, 5) is 15.0. The van der Waals surface area contributed by atoms with Crippen LogP contribution in [0.1, 0.15) is 43.8 Å². The predicted molar refractivity (Wildman–Crippen MR) is 130 cm³/mol. The van der Waals surface area contributed by atoms with Crippen LogP contribution in [0.3, 0.4) is 0 Å². The van der Waals surface area contributed by atoms with Crippen LogP contribution >= 0.6 is 24.0 Å². The minimum atomic E-state index is 0. The van der Waals surface area contributed by atoms with E-state index in [0.29, 0.717) is 12.5 Å². The number of aromatic amines is 1. The van der Waals surface area contributed by atoms with Crippen molar-refractivity contribution < 1.29 is 0 Å². The smallest absolute Gasteiger partial charge is 0.193 e. The molecule has 3 rings (SSSR count). The molecule has 8 heteroatoms. The van der Waals surface area contributed by atoms with Crippen molar-refractivity contribution in [1.82, 2.24) is 30.0 Å². The van der Waals surface area contributed by atoms with Gasteiger partial charge in [-0.2, -0.15) is 5.10 Å². The maximum atomic E-state index is 4.80. The van der Waals surface area contributed by atoms with Gasteiger partial charge < -0.3 is 15.2 Å². The second-order valence-corrected chi connectivity index (χ2v) is 7.41. The summed E-state index contributed by atoms with van der Waals surface area (Å²) in [6.45, 7) is 8.73. The third kappa shape index (κ3) is 5.94. The van der Waals surface area contributed by atoms with E-state index in [1.54, 1.807) is 0 Å². The molecule has 0 aliphatic carbocycles. The van der Waals surface area contributed by atoms with E-state index in [4.69, 9.17) is 4.99 Å². The number of imidazole rings is 1. The molecule has 2 heterocycles. The van der Waals surface area contributed by atoms with Crippen molar-refractivity contribution in [3.63, 3.8) is 0 Å². The number of guanidine groups is 1. The molecule has 0 saturated heterocycles. The fraction of sp³-hybridized carbons (Fsp3) is 0.476. The molecular weight excluding hydrogens is 477 g/mol. The molecular formula is C21H32IN7. The molecule has 0 unspecified atom stereocenters. The van der Waals surface area contributed by atoms with Gasteiger partial charge in [0.2, 0.25) is 0 Å². The lowest BCUT2D eigenvalue weighted by Crippen LogP contribution is -2.38. The van der Waals surface area contributed by atoms with Gasteiger partial charge in [0.05, 0.1) is 16.7 Å². The van der Waals surface area contributed by atoms with Gasteiger partial charge in [-0.1, -0.05) is 26.0 Å². The molecule has 0 atom stereocenters. The van der Waals surface area contributed by atoms with Crippen molar-refractivity contribution in [2.24, 2.45) is 12.0 Å². The highest BCUT2D eigenvalue weighted by atomic mass is 127. The fourth-order valence-corrected chi connectivity index (χ4v) is 3.35. The Morgan fingerprint density at radius 1 is 1.31 bits per heavy atom. The maximum absolute atomic E-state index is 4.80. The average Bonchev–Trinajstić information content (AvgIpc) is 3.23. The van der Waals surface area contributed by atoms with Crippen LogP contribution in [0.2, 0.25) is 0 Å². The number of rotatable bonds is 7. The Bertz CT molecular complexity index is 909. The van der Waals surface area contributed by atoms with E-state index < -0.39 is 0 Å². The van der Waals surface area contributed by atoms with Gasteiger partial charge in [-0.3, -0.25) is 9.67 Å². The van der Waals surface area contributed by atoms with Crippen molar-refractivity contribution in [3.05, 3.63) is 47.5 Å². The van der Waals surface area contributed by atoms with Crippen LogP contribution in [0.25, 0.3) is 11.0 Å². The minimum Gasteiger partial charge on any atom is -0.357 e. The van der Waals surface area contributed by atoms with Gasteiger partial charge in [0.15, 0.2) is 5.96 Å². The maximum Gasteiger partial charge on any atom is 0.193 e. The van der Waals surface area contributed by atoms with Crippen LogP contribution in [0.4, 0.5) is 0 Å². The van der Waals surface area contributed by atoms with Gasteiger partial charge in [-0.25, -0.2) is 4.98 Å². The number of para-hydroxylation sites is 2. The lowest BCUT2D eigenvalue weighted by molar-refractivity contribution is 0.473. The largest absolute Gasteiger partial charge is 0.357 e. The van der Waals surface area contributed by atoms with Gasteiger partial charge in [0.1, 0.15) is 5.82 Å². The second kappa shape index (κ2) is 10.6. The number of benzene rings is 1. The molecule has 29 heavy (non-hydrogen) atoms. The molecule has 2 aromatic heterocycles. The number of hydrogen-bond donors (Lipinski definition) is 2. The monoisotopic (exact) mass is 509 g/mol. The van der Waals surface area contributed by atoms with Crippen LogP contribution in [-0.2, 0) is 20.0 Å². The molecule has 0 radical (unpaired) electrons. The third-order valence-corrected chi connectivity index (χ3v) is 4.64. The van der Waals surface area contributed by atoms with E-state index in [-0.39, 0.29) is 24.0 Å². The van der Waals surface area contributed by atoms with E-state index in [1.165, 1.54) is 5.56 Å². The Labute approximate surface area is 190 Å². The Kier molecular flexibility index (Phi) is 8.48. The van der Waals surface area contributed by atoms with Crippen molar-refractivity contribution >= 4 is 41.0 Å². The lowest BCUT2D eigenvalue weighted by Gasteiger charge is -2.22. The summed E-state index contributed by atoms with van der Waals surface area (Å²) in [6, 6.07) is 8.10. The van der Waals surface area contributed by atoms with Crippen LogP contribution in [0.5, 0.6) is 0 Å². The molecule has 2 N–H and O–H groups in total. The van der Waals surface area contributed by atoms with Crippen LogP contribution in [0, 0.1) is 0 Å². The molecule has 0 spiro atoms. The van der Waals surface area contributed by atoms with E-state index in [9.17, 15) is 0 Å². The number of aliphatic imine (C=N–C) groups is 1. The second-order valence-electron chi connectivity index (χ2n) is 7.41. The SMILES string of the molecule is CCNC(=NCCc1nc2ccccc2[nH]1)N(C)Cc1cn(C)nc1C(C)C.I. The standard InChI is InChI=1S/C21H31N7.HI/c1-6-22-21(27(4)13-16-14-28(5)26-20(16)15(2)3)23-12-11-19-24-17-9-7-8-10-18(17)25-19;/h7-10,14-15H,6,11-13H2,1-5H3,(H,22,23)(H,24,25);1H. The Hall–Kier alpha value is -2.10. The summed E-state index contributed by atoms with van der Waals surface area (Å²) in [6.07, 6.45) is 2.88. The summed E-state index contributed by atoms with van der Waals surface area (Å²) >= 11 is 0. The minimum absolute atomic E-state index is 0. The number of aryl methyl sites for hydroxylation is 1. The van der Waals surface area contributed by atoms with Crippen LogP contribution < -0.4 is 5.32 Å². The molecule has 3 aromatic rings. The van der Waals surface area contributed by atoms with E-state index in [1.807, 2.05) is 36.0 Å². The highest BCUT2D eigenvalue weighted by Crippen LogP contribution is 2.18. The summed E-state index contributed by atoms with van der Waals surface area (Å²) in [5, 5.41) is 8.00. The summed E-state index contributed by atoms with van der Waals surface area (Å²) in [5.74, 6) is 2.27. The Balaban J connectivity index is 0.00000300. The Morgan fingerprint density at radius 2 is 2.07 bits per heavy atom. The number of nitrogens with one attached hydrogen (secondary N) is 2. The highest BCUT2D eigenvalue weighted by molar-refractivity contribution is 14.0.